The predicted molar refractivity (Wildman–Crippen MR) is 202 cm³/mol. The van der Waals surface area contributed by atoms with Gasteiger partial charge in [0, 0.05) is 45.2 Å². The Kier molecular flexibility index (Phi) is 26.7. The third kappa shape index (κ3) is 22.5. The van der Waals surface area contributed by atoms with Crippen LogP contribution in [0.25, 0.3) is 0 Å². The molecule has 0 bridgehead atoms. The fourth-order valence-corrected chi connectivity index (χ4v) is 6.60. The Bertz CT molecular complexity index is 1060. The predicted octanol–water partition coefficient (Wildman–Crippen LogP) is 8.10. The lowest BCUT2D eigenvalue weighted by Gasteiger charge is -2.34. The Morgan fingerprint density at radius 1 is 0.725 bits per heavy atom. The van der Waals surface area contributed by atoms with E-state index in [0.29, 0.717) is 38.6 Å². The average Bonchev–Trinajstić information content (AvgIpc) is 3.11. The summed E-state index contributed by atoms with van der Waals surface area (Å²) >= 11 is 0. The van der Waals surface area contributed by atoms with Gasteiger partial charge in [-0.05, 0) is 70.3 Å². The number of hydrogen-bond donors (Lipinski definition) is 2. The molecule has 0 aromatic carbocycles. The lowest BCUT2D eigenvalue weighted by atomic mass is 9.99. The highest BCUT2D eigenvalue weighted by molar-refractivity contribution is 5.89. The number of amides is 2. The summed E-state index contributed by atoms with van der Waals surface area (Å²) in [6.07, 6.45) is 27.7. The molecule has 2 amide bonds. The van der Waals surface area contributed by atoms with E-state index in [0.717, 1.165) is 122 Å². The maximum absolute atomic E-state index is 12.3. The number of allylic oxidation sites excluding steroid dienone is 1. The first-order valence-electron chi connectivity index (χ1n) is 20.1. The standard InChI is InChI=1S/C21H37NO4.C20H33NO4/c1-3-4-7-12-19(23)16-15-18-11-10-13-20(24)22(18)17-9-6-5-8-14-21(25)26-2;1-2-3-6-11-18(22)15-14-17-10-9-12-19(23)21(17)16-8-5-4-7-13-20(24)25/h15-16,18-19,23H,3-14,17H2,1-2H3;14-15,17H,2-13,16H2,1H3,(H,24,25). The van der Waals surface area contributed by atoms with Crippen LogP contribution in [-0.2, 0) is 28.7 Å². The fourth-order valence-electron chi connectivity index (χ4n) is 6.60. The van der Waals surface area contributed by atoms with Crippen LogP contribution in [0, 0.1) is 0 Å². The van der Waals surface area contributed by atoms with E-state index < -0.39 is 12.1 Å². The molecule has 10 nitrogen and oxygen atoms in total. The lowest BCUT2D eigenvalue weighted by Crippen LogP contribution is -2.43. The number of aliphatic hydroxyl groups is 1. The van der Waals surface area contributed by atoms with Gasteiger partial charge < -0.3 is 24.7 Å². The third-order valence-corrected chi connectivity index (χ3v) is 9.71. The molecule has 0 spiro atoms. The summed E-state index contributed by atoms with van der Waals surface area (Å²) in [5.41, 5.74) is 0. The molecule has 2 heterocycles. The number of rotatable bonds is 26. The van der Waals surface area contributed by atoms with Crippen LogP contribution in [0.2, 0.25) is 0 Å². The first-order valence-corrected chi connectivity index (χ1v) is 20.1. The molecule has 0 aliphatic carbocycles. The molecular formula is C41H70N2O8. The number of carboxylic acids is 1. The van der Waals surface area contributed by atoms with Gasteiger partial charge in [0.2, 0.25) is 11.8 Å². The molecule has 2 aliphatic rings. The number of hydrogen-bond acceptors (Lipinski definition) is 7. The van der Waals surface area contributed by atoms with Crippen LogP contribution in [0.4, 0.5) is 0 Å². The monoisotopic (exact) mass is 719 g/mol. The molecule has 51 heavy (non-hydrogen) atoms. The molecule has 2 fully saturated rings. The maximum atomic E-state index is 12.3. The second kappa shape index (κ2) is 29.6. The van der Waals surface area contributed by atoms with E-state index in [1.165, 1.54) is 7.11 Å². The largest absolute Gasteiger partial charge is 0.481 e. The first kappa shape index (κ1) is 46.0. The number of ether oxygens (including phenoxy) is 1. The molecule has 0 radical (unpaired) electrons. The van der Waals surface area contributed by atoms with Crippen molar-refractivity contribution < 1.29 is 38.9 Å². The lowest BCUT2D eigenvalue weighted by molar-refractivity contribution is -0.141. The normalized spacial score (nSPS) is 18.6. The van der Waals surface area contributed by atoms with Crippen LogP contribution in [0.15, 0.2) is 24.3 Å². The minimum atomic E-state index is -0.750. The van der Waals surface area contributed by atoms with Crippen molar-refractivity contribution in [1.29, 1.82) is 0 Å². The molecule has 3 atom stereocenters. The highest BCUT2D eigenvalue weighted by Crippen LogP contribution is 2.22. The number of aliphatic carboxylic acids is 1. The van der Waals surface area contributed by atoms with Gasteiger partial charge in [-0.3, -0.25) is 24.0 Å². The van der Waals surface area contributed by atoms with Crippen LogP contribution >= 0.6 is 0 Å². The van der Waals surface area contributed by atoms with Gasteiger partial charge in [-0.25, -0.2) is 0 Å². The molecule has 2 saturated heterocycles. The molecule has 2 aliphatic heterocycles. The van der Waals surface area contributed by atoms with Crippen LogP contribution in [0.5, 0.6) is 0 Å². The van der Waals surface area contributed by atoms with E-state index in [1.54, 1.807) is 6.08 Å². The number of esters is 1. The van der Waals surface area contributed by atoms with E-state index in [2.05, 4.69) is 18.6 Å². The van der Waals surface area contributed by atoms with E-state index in [-0.39, 0.29) is 42.1 Å². The molecule has 0 aromatic rings. The average molecular weight is 719 g/mol. The number of methoxy groups -OCH3 is 1. The molecule has 292 valence electrons. The molecule has 2 rings (SSSR count). The zero-order valence-corrected chi connectivity index (χ0v) is 32.2. The molecule has 3 unspecified atom stereocenters. The number of carboxylic acid groups (broad SMARTS) is 1. The number of aliphatic hydroxyl groups excluding tert-OH is 1. The topological polar surface area (TPSA) is 142 Å². The molecule has 10 heteroatoms. The fraction of sp³-hybridized carbons (Fsp3) is 0.780. The van der Waals surface area contributed by atoms with Crippen molar-refractivity contribution in [2.45, 2.75) is 186 Å². The Morgan fingerprint density at radius 3 is 1.78 bits per heavy atom. The molecule has 0 aromatic heterocycles. The van der Waals surface area contributed by atoms with Gasteiger partial charge in [0.1, 0.15) is 0 Å². The number of piperidine rings is 2. The molecule has 0 saturated carbocycles. The van der Waals surface area contributed by atoms with E-state index in [1.807, 2.05) is 28.0 Å². The Balaban J connectivity index is 0.000000510. The van der Waals surface area contributed by atoms with Gasteiger partial charge >= 0.3 is 11.9 Å². The number of carbonyl (C=O) groups excluding carboxylic acids is 4. The quantitative estimate of drug-likeness (QED) is 0.0396. The SMILES string of the molecule is CCCCCC(=O)C=CC1CCCC(=O)N1CCCCCCC(=O)O.CCCCCC(O)C=CC1CCCC(=O)N1CCCCCCC(=O)OC. The second-order valence-corrected chi connectivity index (χ2v) is 14.1. The summed E-state index contributed by atoms with van der Waals surface area (Å²) in [5.74, 6) is -0.357. The van der Waals surface area contributed by atoms with Gasteiger partial charge in [0.05, 0.1) is 25.3 Å². The molecule has 2 N–H and O–H groups in total. The summed E-state index contributed by atoms with van der Waals surface area (Å²) in [7, 11) is 1.42. The van der Waals surface area contributed by atoms with Gasteiger partial charge in [-0.15, -0.1) is 0 Å². The van der Waals surface area contributed by atoms with E-state index >= 15 is 0 Å². The van der Waals surface area contributed by atoms with Crippen molar-refractivity contribution in [2.75, 3.05) is 20.2 Å². The zero-order valence-electron chi connectivity index (χ0n) is 32.2. The van der Waals surface area contributed by atoms with Crippen LogP contribution in [0.3, 0.4) is 0 Å². The number of likely N-dealkylation sites (tertiary alicyclic amines) is 2. The van der Waals surface area contributed by atoms with Crippen LogP contribution in [0.1, 0.15) is 168 Å². The molecular weight excluding hydrogens is 648 g/mol. The zero-order chi connectivity index (χ0) is 37.7. The number of carbonyl (C=O) groups is 5. The Morgan fingerprint density at radius 2 is 1.24 bits per heavy atom. The van der Waals surface area contributed by atoms with Gasteiger partial charge in [0.25, 0.3) is 0 Å². The number of ketones is 1. The van der Waals surface area contributed by atoms with Crippen LogP contribution in [-0.4, -0.2) is 87.9 Å². The minimum Gasteiger partial charge on any atom is -0.481 e. The minimum absolute atomic E-state index is 0.0374. The van der Waals surface area contributed by atoms with Crippen molar-refractivity contribution in [3.63, 3.8) is 0 Å². The van der Waals surface area contributed by atoms with Gasteiger partial charge in [0.15, 0.2) is 5.78 Å². The van der Waals surface area contributed by atoms with E-state index in [9.17, 15) is 29.1 Å². The summed E-state index contributed by atoms with van der Waals surface area (Å²) in [6, 6.07) is 0.155. The van der Waals surface area contributed by atoms with Crippen molar-refractivity contribution in [3.05, 3.63) is 24.3 Å². The summed E-state index contributed by atoms with van der Waals surface area (Å²) in [5, 5.41) is 18.7. The highest BCUT2D eigenvalue weighted by Gasteiger charge is 2.27. The van der Waals surface area contributed by atoms with Crippen molar-refractivity contribution in [3.8, 4) is 0 Å². The summed E-state index contributed by atoms with van der Waals surface area (Å²) in [4.78, 5) is 61.8. The van der Waals surface area contributed by atoms with Crippen molar-refractivity contribution in [1.82, 2.24) is 9.80 Å². The smallest absolute Gasteiger partial charge is 0.305 e. The number of nitrogens with zero attached hydrogens (tertiary/aromatic N) is 2. The summed E-state index contributed by atoms with van der Waals surface area (Å²) < 4.78 is 4.64. The van der Waals surface area contributed by atoms with Gasteiger partial charge in [-0.1, -0.05) is 89.9 Å². The highest BCUT2D eigenvalue weighted by atomic mass is 16.5. The van der Waals surface area contributed by atoms with Gasteiger partial charge in [-0.2, -0.15) is 0 Å². The third-order valence-electron chi connectivity index (χ3n) is 9.71. The van der Waals surface area contributed by atoms with Crippen molar-refractivity contribution >= 4 is 29.5 Å². The second-order valence-electron chi connectivity index (χ2n) is 14.1. The first-order chi connectivity index (χ1) is 24.6. The maximum Gasteiger partial charge on any atom is 0.305 e. The Labute approximate surface area is 308 Å². The Hall–Kier alpha value is -3.01. The summed E-state index contributed by atoms with van der Waals surface area (Å²) in [6.45, 7) is 5.74. The van der Waals surface area contributed by atoms with Crippen LogP contribution < -0.4 is 0 Å². The van der Waals surface area contributed by atoms with E-state index in [4.69, 9.17) is 5.11 Å². The van der Waals surface area contributed by atoms with Crippen molar-refractivity contribution in [2.24, 2.45) is 0 Å². The number of unbranched alkanes of at least 4 members (excludes halogenated alkanes) is 10.